The van der Waals surface area contributed by atoms with E-state index in [4.69, 9.17) is 10.8 Å². The van der Waals surface area contributed by atoms with Gasteiger partial charge in [0.2, 0.25) is 5.91 Å². The number of carbonyl (C=O) groups is 1. The summed E-state index contributed by atoms with van der Waals surface area (Å²) in [5.41, 5.74) is 5.09. The molecule has 1 aliphatic heterocycles. The van der Waals surface area contributed by atoms with Crippen molar-refractivity contribution in [1.82, 2.24) is 4.90 Å². The first kappa shape index (κ1) is 7.17. The zero-order chi connectivity index (χ0) is 7.72. The van der Waals surface area contributed by atoms with Crippen molar-refractivity contribution in [3.63, 3.8) is 0 Å². The van der Waals surface area contributed by atoms with Gasteiger partial charge in [-0.3, -0.25) is 9.69 Å². The number of aliphatic hydroxyl groups is 1. The topological polar surface area (TPSA) is 66.6 Å². The van der Waals surface area contributed by atoms with Crippen LogP contribution in [-0.2, 0) is 4.79 Å². The zero-order valence-corrected chi connectivity index (χ0v) is 5.07. The summed E-state index contributed by atoms with van der Waals surface area (Å²) >= 11 is 0. The minimum atomic E-state index is -1.07. The summed E-state index contributed by atoms with van der Waals surface area (Å²) in [6.07, 6.45) is -0.0527. The summed E-state index contributed by atoms with van der Waals surface area (Å²) in [4.78, 5) is 11.4. The summed E-state index contributed by atoms with van der Waals surface area (Å²) in [5.74, 6) is -0.471. The lowest BCUT2D eigenvalue weighted by molar-refractivity contribution is -0.161. The quantitative estimate of drug-likeness (QED) is 0.462. The molecule has 0 aromatic rings. The molecule has 4 nitrogen and oxygen atoms in total. The number of halogens is 1. The van der Waals surface area contributed by atoms with Crippen molar-refractivity contribution in [3.05, 3.63) is 12.5 Å². The van der Waals surface area contributed by atoms with Gasteiger partial charge in [0.1, 0.15) is 12.4 Å². The molecule has 1 heterocycles. The largest absolute Gasteiger partial charge is 0.371 e. The number of amides is 1. The number of hydrogen-bond acceptors (Lipinski definition) is 3. The van der Waals surface area contributed by atoms with Gasteiger partial charge in [-0.05, 0) is 0 Å². The van der Waals surface area contributed by atoms with E-state index in [9.17, 15) is 9.18 Å². The summed E-state index contributed by atoms with van der Waals surface area (Å²) < 4.78 is 11.4. The maximum absolute atomic E-state index is 11.4. The van der Waals surface area contributed by atoms with E-state index in [1.807, 2.05) is 0 Å². The van der Waals surface area contributed by atoms with E-state index < -0.39 is 18.2 Å². The van der Waals surface area contributed by atoms with Crippen molar-refractivity contribution in [2.24, 2.45) is 5.73 Å². The van der Waals surface area contributed by atoms with Crippen LogP contribution in [0, 0.1) is 0 Å². The van der Waals surface area contributed by atoms with E-state index in [2.05, 4.69) is 0 Å². The molecule has 2 unspecified atom stereocenters. The first-order valence-corrected chi connectivity index (χ1v) is 2.71. The summed E-state index contributed by atoms with van der Waals surface area (Å²) in [7, 11) is 0. The van der Waals surface area contributed by atoms with Gasteiger partial charge < -0.3 is 10.8 Å². The molecule has 0 radical (unpaired) electrons. The molecule has 1 saturated heterocycles. The molecule has 1 fully saturated rings. The maximum atomic E-state index is 11.4. The third-order valence-corrected chi connectivity index (χ3v) is 1.36. The molecule has 0 aromatic carbocycles. The number of β-lactam (4-membered cyclic amide) rings is 1. The number of nitrogens with two attached hydrogens (primary N) is 1. The van der Waals surface area contributed by atoms with E-state index in [0.717, 1.165) is 11.1 Å². The maximum Gasteiger partial charge on any atom is 0.250 e. The van der Waals surface area contributed by atoms with Crippen molar-refractivity contribution in [1.29, 1.82) is 0 Å². The molecule has 1 aliphatic rings. The third-order valence-electron chi connectivity index (χ3n) is 1.36. The predicted octanol–water partition coefficient (Wildman–Crippen LogP) is -1.09. The SMILES string of the molecule is NC1C(=O)N(/C=C/F)C1O. The highest BCUT2D eigenvalue weighted by molar-refractivity contribution is 5.89. The van der Waals surface area contributed by atoms with E-state index in [1.165, 1.54) is 0 Å². The fourth-order valence-electron chi connectivity index (χ4n) is 0.743. The van der Waals surface area contributed by atoms with Crippen LogP contribution in [-0.4, -0.2) is 28.2 Å². The number of hydrogen-bond donors (Lipinski definition) is 2. The average Bonchev–Trinajstić information content (AvgIpc) is 1.98. The van der Waals surface area contributed by atoms with Gasteiger partial charge in [0.25, 0.3) is 0 Å². The van der Waals surface area contributed by atoms with Gasteiger partial charge >= 0.3 is 0 Å². The minimum Gasteiger partial charge on any atom is -0.371 e. The van der Waals surface area contributed by atoms with Crippen LogP contribution < -0.4 is 5.73 Å². The van der Waals surface area contributed by atoms with Crippen molar-refractivity contribution in [2.75, 3.05) is 0 Å². The predicted molar refractivity (Wildman–Crippen MR) is 31.1 cm³/mol. The van der Waals surface area contributed by atoms with E-state index in [1.54, 1.807) is 0 Å². The van der Waals surface area contributed by atoms with Gasteiger partial charge in [0.15, 0.2) is 6.23 Å². The summed E-state index contributed by atoms with van der Waals surface area (Å²) in [6.45, 7) is 0. The Morgan fingerprint density at radius 1 is 1.80 bits per heavy atom. The number of nitrogens with zero attached hydrogens (tertiary/aromatic N) is 1. The zero-order valence-electron chi connectivity index (χ0n) is 5.07. The molecule has 1 amide bonds. The molecule has 1 rings (SSSR count). The lowest BCUT2D eigenvalue weighted by atomic mass is 10.1. The Kier molecular flexibility index (Phi) is 1.69. The number of carbonyl (C=O) groups excluding carboxylic acids is 1. The monoisotopic (exact) mass is 146 g/mol. The third kappa shape index (κ3) is 0.795. The number of aliphatic hydroxyl groups excluding tert-OH is 1. The molecule has 0 aromatic heterocycles. The van der Waals surface area contributed by atoms with Crippen molar-refractivity contribution in [2.45, 2.75) is 12.3 Å². The van der Waals surface area contributed by atoms with Crippen LogP contribution in [0.4, 0.5) is 4.39 Å². The fourth-order valence-corrected chi connectivity index (χ4v) is 0.743. The molecule has 5 heteroatoms. The first-order chi connectivity index (χ1) is 4.68. The molecule has 0 saturated carbocycles. The van der Waals surface area contributed by atoms with Gasteiger partial charge in [-0.2, -0.15) is 0 Å². The molecule has 56 valence electrons. The second-order valence-electron chi connectivity index (χ2n) is 1.96. The highest BCUT2D eigenvalue weighted by Crippen LogP contribution is 2.15. The standard InChI is InChI=1S/C5H7FN2O2/c6-1-2-8-4(9)3(7)5(8)10/h1-4,9H,7H2/b2-1+. The van der Waals surface area contributed by atoms with Gasteiger partial charge in [-0.1, -0.05) is 0 Å². The lowest BCUT2D eigenvalue weighted by Gasteiger charge is -2.38. The van der Waals surface area contributed by atoms with Gasteiger partial charge in [-0.25, -0.2) is 4.39 Å². The van der Waals surface area contributed by atoms with Crippen LogP contribution in [0.15, 0.2) is 12.5 Å². The normalized spacial score (nSPS) is 33.1. The second kappa shape index (κ2) is 2.36. The highest BCUT2D eigenvalue weighted by Gasteiger charge is 2.42. The van der Waals surface area contributed by atoms with Gasteiger partial charge in [0, 0.05) is 6.20 Å². The Balaban J connectivity index is 2.58. The number of likely N-dealkylation sites (tertiary alicyclic amines) is 1. The fraction of sp³-hybridized carbons (Fsp3) is 0.400. The molecule has 10 heavy (non-hydrogen) atoms. The van der Waals surface area contributed by atoms with Crippen LogP contribution in [0.2, 0.25) is 0 Å². The molecular weight excluding hydrogens is 139 g/mol. The van der Waals surface area contributed by atoms with Crippen LogP contribution in [0.1, 0.15) is 0 Å². The molecule has 3 N–H and O–H groups in total. The molecule has 0 aliphatic carbocycles. The highest BCUT2D eigenvalue weighted by atomic mass is 19.1. The molecule has 2 atom stereocenters. The van der Waals surface area contributed by atoms with Crippen molar-refractivity contribution < 1.29 is 14.3 Å². The smallest absolute Gasteiger partial charge is 0.250 e. The van der Waals surface area contributed by atoms with Gasteiger partial charge in [0.05, 0.1) is 0 Å². The first-order valence-electron chi connectivity index (χ1n) is 2.71. The van der Waals surface area contributed by atoms with Gasteiger partial charge in [-0.15, -0.1) is 0 Å². The Morgan fingerprint density at radius 2 is 2.40 bits per heavy atom. The van der Waals surface area contributed by atoms with Crippen molar-refractivity contribution in [3.8, 4) is 0 Å². The Bertz CT molecular complexity index is 182. The average molecular weight is 146 g/mol. The second-order valence-corrected chi connectivity index (χ2v) is 1.96. The Morgan fingerprint density at radius 3 is 2.80 bits per heavy atom. The van der Waals surface area contributed by atoms with Crippen molar-refractivity contribution >= 4 is 5.91 Å². The van der Waals surface area contributed by atoms with Crippen LogP contribution in [0.3, 0.4) is 0 Å². The Hall–Kier alpha value is -0.940. The lowest BCUT2D eigenvalue weighted by Crippen LogP contribution is -2.66. The summed E-state index contributed by atoms with van der Waals surface area (Å²) in [6, 6.07) is -0.892. The van der Waals surface area contributed by atoms with E-state index in [-0.39, 0.29) is 6.33 Å². The number of rotatable bonds is 1. The molecule has 0 spiro atoms. The molecular formula is C5H7FN2O2. The van der Waals surface area contributed by atoms with Crippen LogP contribution in [0.25, 0.3) is 0 Å². The van der Waals surface area contributed by atoms with E-state index in [0.29, 0.717) is 0 Å². The van der Waals surface area contributed by atoms with Crippen LogP contribution in [0.5, 0.6) is 0 Å². The Labute approximate surface area is 56.7 Å². The van der Waals surface area contributed by atoms with Crippen LogP contribution >= 0.6 is 0 Å². The summed E-state index contributed by atoms with van der Waals surface area (Å²) in [5, 5.41) is 8.84. The minimum absolute atomic E-state index is 0.174. The molecule has 0 bridgehead atoms. The van der Waals surface area contributed by atoms with E-state index >= 15 is 0 Å².